The molecule has 28 heavy (non-hydrogen) atoms. The van der Waals surface area contributed by atoms with Gasteiger partial charge in [0.2, 0.25) is 0 Å². The minimum Gasteiger partial charge on any atom is -0.293 e. The van der Waals surface area contributed by atoms with Crippen LogP contribution < -0.4 is 0 Å². The molecule has 0 aliphatic carbocycles. The molecule has 3 aromatic rings. The number of rotatable bonds is 5. The van der Waals surface area contributed by atoms with Crippen molar-refractivity contribution in [2.75, 3.05) is 0 Å². The van der Waals surface area contributed by atoms with E-state index in [-0.39, 0.29) is 10.9 Å². The zero-order valence-corrected chi connectivity index (χ0v) is 16.0. The number of nitrogens with zero attached hydrogens (tertiary/aromatic N) is 2. The molecule has 2 aromatic carbocycles. The summed E-state index contributed by atoms with van der Waals surface area (Å²) >= 11 is 0.913. The molecule has 1 atom stereocenters. The number of alkyl halides is 3. The number of benzene rings is 2. The predicted octanol–water partition coefficient (Wildman–Crippen LogP) is 5.83. The highest BCUT2D eigenvalue weighted by Crippen LogP contribution is 2.37. The molecule has 0 aliphatic heterocycles. The Morgan fingerprint density at radius 2 is 1.50 bits per heavy atom. The molecular formula is C21H17F3N2OS. The first-order valence-electron chi connectivity index (χ1n) is 8.48. The zero-order valence-electron chi connectivity index (χ0n) is 15.2. The predicted molar refractivity (Wildman–Crippen MR) is 102 cm³/mol. The van der Waals surface area contributed by atoms with E-state index in [1.165, 1.54) is 0 Å². The second-order valence-corrected chi connectivity index (χ2v) is 7.43. The molecule has 0 aliphatic rings. The Labute approximate surface area is 165 Å². The number of carbonyl (C=O) groups excluding carboxylic acids is 1. The molecule has 0 saturated carbocycles. The largest absolute Gasteiger partial charge is 0.433 e. The maximum absolute atomic E-state index is 13.1. The van der Waals surface area contributed by atoms with E-state index in [1.807, 2.05) is 38.1 Å². The number of hydrogen-bond donors (Lipinski definition) is 0. The average Bonchev–Trinajstić information content (AvgIpc) is 2.67. The number of thioether (sulfide) groups is 1. The Kier molecular flexibility index (Phi) is 5.84. The normalized spacial score (nSPS) is 12.6. The molecule has 3 nitrogen and oxygen atoms in total. The van der Waals surface area contributed by atoms with Crippen LogP contribution in [0.5, 0.6) is 0 Å². The van der Waals surface area contributed by atoms with Crippen molar-refractivity contribution in [1.29, 1.82) is 0 Å². The summed E-state index contributed by atoms with van der Waals surface area (Å²) < 4.78 is 38.9. The average molecular weight is 402 g/mol. The van der Waals surface area contributed by atoms with E-state index in [1.54, 1.807) is 24.3 Å². The van der Waals surface area contributed by atoms with Gasteiger partial charge in [-0.1, -0.05) is 71.4 Å². The van der Waals surface area contributed by atoms with Gasteiger partial charge in [0, 0.05) is 11.8 Å². The van der Waals surface area contributed by atoms with Gasteiger partial charge >= 0.3 is 6.18 Å². The standard InChI is InChI=1S/C21H17F3N2OS/c1-13-3-7-15(8-4-13)18(27)19(16-9-5-14(2)6-10-16)28-20-25-12-11-17(26-20)21(22,23)24/h3-12,19H,1-2H3. The molecule has 0 N–H and O–H groups in total. The third-order valence-electron chi connectivity index (χ3n) is 4.10. The lowest BCUT2D eigenvalue weighted by Crippen LogP contribution is -2.12. The van der Waals surface area contributed by atoms with Crippen molar-refractivity contribution < 1.29 is 18.0 Å². The van der Waals surface area contributed by atoms with Gasteiger partial charge in [-0.15, -0.1) is 0 Å². The van der Waals surface area contributed by atoms with Gasteiger partial charge in [0.1, 0.15) is 10.9 Å². The Morgan fingerprint density at radius 1 is 0.929 bits per heavy atom. The van der Waals surface area contributed by atoms with E-state index in [0.717, 1.165) is 35.2 Å². The number of aryl methyl sites for hydroxylation is 2. The molecule has 1 heterocycles. The lowest BCUT2D eigenvalue weighted by Gasteiger charge is -2.16. The van der Waals surface area contributed by atoms with Crippen LogP contribution in [0, 0.1) is 13.8 Å². The number of hydrogen-bond acceptors (Lipinski definition) is 4. The highest BCUT2D eigenvalue weighted by atomic mass is 32.2. The van der Waals surface area contributed by atoms with Crippen LogP contribution in [0.1, 0.15) is 38.0 Å². The maximum atomic E-state index is 13.1. The molecule has 7 heteroatoms. The van der Waals surface area contributed by atoms with Crippen LogP contribution in [0.15, 0.2) is 66.0 Å². The molecule has 1 unspecified atom stereocenters. The van der Waals surface area contributed by atoms with Gasteiger partial charge in [0.25, 0.3) is 0 Å². The summed E-state index contributed by atoms with van der Waals surface area (Å²) in [5.41, 5.74) is 2.16. The minimum absolute atomic E-state index is 0.0964. The Hall–Kier alpha value is -2.67. The zero-order chi connectivity index (χ0) is 20.3. The van der Waals surface area contributed by atoms with Gasteiger partial charge in [-0.05, 0) is 25.5 Å². The fourth-order valence-corrected chi connectivity index (χ4v) is 3.56. The van der Waals surface area contributed by atoms with Gasteiger partial charge in [0.15, 0.2) is 10.9 Å². The summed E-state index contributed by atoms with van der Waals surface area (Å²) in [5.74, 6) is -0.213. The van der Waals surface area contributed by atoms with Crippen molar-refractivity contribution in [2.45, 2.75) is 30.4 Å². The molecule has 0 spiro atoms. The molecule has 0 fully saturated rings. The van der Waals surface area contributed by atoms with Crippen LogP contribution in [0.4, 0.5) is 13.2 Å². The highest BCUT2D eigenvalue weighted by Gasteiger charge is 2.33. The fourth-order valence-electron chi connectivity index (χ4n) is 2.54. The Balaban J connectivity index is 1.98. The van der Waals surface area contributed by atoms with Gasteiger partial charge < -0.3 is 0 Å². The topological polar surface area (TPSA) is 42.9 Å². The SMILES string of the molecule is Cc1ccc(C(=O)C(Sc2nccc(C(F)(F)F)n2)c2ccc(C)cc2)cc1. The molecule has 1 aromatic heterocycles. The number of aromatic nitrogens is 2. The first-order valence-corrected chi connectivity index (χ1v) is 9.36. The Morgan fingerprint density at radius 3 is 2.07 bits per heavy atom. The summed E-state index contributed by atoms with van der Waals surface area (Å²) in [4.78, 5) is 20.6. The van der Waals surface area contributed by atoms with Crippen molar-refractivity contribution in [2.24, 2.45) is 0 Å². The molecule has 0 saturated heterocycles. The van der Waals surface area contributed by atoms with Gasteiger partial charge in [-0.2, -0.15) is 13.2 Å². The first-order chi connectivity index (χ1) is 13.2. The number of halogens is 3. The van der Waals surface area contributed by atoms with Crippen molar-refractivity contribution >= 4 is 17.5 Å². The lowest BCUT2D eigenvalue weighted by molar-refractivity contribution is -0.141. The first kappa shape index (κ1) is 20.1. The van der Waals surface area contributed by atoms with E-state index in [2.05, 4.69) is 9.97 Å². The van der Waals surface area contributed by atoms with Crippen LogP contribution in [0.3, 0.4) is 0 Å². The summed E-state index contributed by atoms with van der Waals surface area (Å²) in [6.45, 7) is 3.83. The quantitative estimate of drug-likeness (QED) is 0.306. The molecule has 0 bridgehead atoms. The summed E-state index contributed by atoms with van der Waals surface area (Å²) in [6, 6.07) is 15.2. The van der Waals surface area contributed by atoms with E-state index < -0.39 is 17.1 Å². The second kappa shape index (κ2) is 8.14. The summed E-state index contributed by atoms with van der Waals surface area (Å²) in [7, 11) is 0. The summed E-state index contributed by atoms with van der Waals surface area (Å²) in [5, 5.41) is -0.854. The number of Topliss-reactive ketones (excluding diaryl/α,β-unsaturated/α-hetero) is 1. The van der Waals surface area contributed by atoms with E-state index in [4.69, 9.17) is 0 Å². The fraction of sp³-hybridized carbons (Fsp3) is 0.190. The van der Waals surface area contributed by atoms with Crippen molar-refractivity contribution in [1.82, 2.24) is 9.97 Å². The van der Waals surface area contributed by atoms with Gasteiger partial charge in [0.05, 0.1) is 0 Å². The molecule has 3 rings (SSSR count). The smallest absolute Gasteiger partial charge is 0.293 e. The lowest BCUT2D eigenvalue weighted by atomic mass is 10.0. The van der Waals surface area contributed by atoms with Gasteiger partial charge in [-0.3, -0.25) is 4.79 Å². The third-order valence-corrected chi connectivity index (χ3v) is 5.23. The number of carbonyl (C=O) groups is 1. The highest BCUT2D eigenvalue weighted by molar-refractivity contribution is 8.00. The molecule has 0 amide bonds. The second-order valence-electron chi connectivity index (χ2n) is 6.36. The summed E-state index contributed by atoms with van der Waals surface area (Å²) in [6.07, 6.45) is -3.51. The van der Waals surface area contributed by atoms with Crippen molar-refractivity contribution in [3.63, 3.8) is 0 Å². The van der Waals surface area contributed by atoms with Crippen LogP contribution in [0.25, 0.3) is 0 Å². The van der Waals surface area contributed by atoms with Crippen LogP contribution in [-0.4, -0.2) is 15.8 Å². The van der Waals surface area contributed by atoms with Crippen LogP contribution in [0.2, 0.25) is 0 Å². The van der Waals surface area contributed by atoms with E-state index in [9.17, 15) is 18.0 Å². The van der Waals surface area contributed by atoms with E-state index >= 15 is 0 Å². The van der Waals surface area contributed by atoms with Gasteiger partial charge in [-0.25, -0.2) is 9.97 Å². The maximum Gasteiger partial charge on any atom is 0.433 e. The van der Waals surface area contributed by atoms with Crippen LogP contribution >= 0.6 is 11.8 Å². The molecule has 144 valence electrons. The molecule has 0 radical (unpaired) electrons. The number of ketones is 1. The van der Waals surface area contributed by atoms with E-state index in [0.29, 0.717) is 11.1 Å². The molecular weight excluding hydrogens is 385 g/mol. The third kappa shape index (κ3) is 4.78. The van der Waals surface area contributed by atoms with Crippen molar-refractivity contribution in [3.05, 3.63) is 88.7 Å². The Bertz CT molecular complexity index is 970. The van der Waals surface area contributed by atoms with Crippen LogP contribution in [-0.2, 0) is 6.18 Å². The van der Waals surface area contributed by atoms with Crippen molar-refractivity contribution in [3.8, 4) is 0 Å². The monoisotopic (exact) mass is 402 g/mol. The minimum atomic E-state index is -4.57.